The molecule has 6 nitrogen and oxygen atoms in total. The van der Waals surface area contributed by atoms with Crippen molar-refractivity contribution >= 4 is 28.3 Å². The number of nitrogens with zero attached hydrogens (tertiary/aromatic N) is 2. The van der Waals surface area contributed by atoms with E-state index in [1.54, 1.807) is 35.2 Å². The van der Waals surface area contributed by atoms with Gasteiger partial charge in [0.05, 0.1) is 10.5 Å². The predicted molar refractivity (Wildman–Crippen MR) is 103 cm³/mol. The molecule has 26 heavy (non-hydrogen) atoms. The van der Waals surface area contributed by atoms with Gasteiger partial charge in [-0.1, -0.05) is 17.7 Å². The number of hydrogen-bond acceptors (Lipinski definition) is 4. The average Bonchev–Trinajstić information content (AvgIpc) is 3.12. The fourth-order valence-electron chi connectivity index (χ4n) is 3.16. The number of aromatic nitrogens is 1. The van der Waals surface area contributed by atoms with Crippen molar-refractivity contribution < 1.29 is 13.2 Å². The lowest BCUT2D eigenvalue weighted by molar-refractivity contribution is 0.0623. The molecule has 1 aliphatic heterocycles. The van der Waals surface area contributed by atoms with E-state index < -0.39 is 10.0 Å². The Bertz CT molecular complexity index is 862. The summed E-state index contributed by atoms with van der Waals surface area (Å²) in [5.74, 6) is -0.159. The number of aryl methyl sites for hydroxylation is 1. The number of carbonyl (C=O) groups is 1. The van der Waals surface area contributed by atoms with Gasteiger partial charge in [-0.05, 0) is 44.4 Å². The first kappa shape index (κ1) is 20.5. The molecule has 1 aliphatic rings. The molecule has 2 aromatic rings. The molecular formula is C18H24ClN3O3S. The van der Waals surface area contributed by atoms with E-state index >= 15 is 0 Å². The normalized spacial score (nSPS) is 17.6. The van der Waals surface area contributed by atoms with Crippen LogP contribution in [0.25, 0.3) is 0 Å². The van der Waals surface area contributed by atoms with Gasteiger partial charge in [0, 0.05) is 31.5 Å². The van der Waals surface area contributed by atoms with Crippen LogP contribution in [-0.2, 0) is 10.0 Å². The van der Waals surface area contributed by atoms with Gasteiger partial charge in [-0.3, -0.25) is 4.79 Å². The van der Waals surface area contributed by atoms with E-state index in [1.807, 2.05) is 6.92 Å². The molecule has 1 amide bonds. The van der Waals surface area contributed by atoms with E-state index in [0.717, 1.165) is 28.8 Å². The third-order valence-electron chi connectivity index (χ3n) is 4.67. The summed E-state index contributed by atoms with van der Waals surface area (Å²) in [6.45, 7) is 2.99. The fraction of sp³-hybridized carbons (Fsp3) is 0.389. The highest BCUT2D eigenvalue weighted by atomic mass is 35.5. The van der Waals surface area contributed by atoms with Gasteiger partial charge < -0.3 is 10.6 Å². The van der Waals surface area contributed by atoms with Crippen LogP contribution in [-0.4, -0.2) is 42.3 Å². The number of piperidine rings is 1. The summed E-state index contributed by atoms with van der Waals surface area (Å²) in [6.07, 6.45) is 5.72. The van der Waals surface area contributed by atoms with Crippen molar-refractivity contribution in [1.82, 2.24) is 8.87 Å². The largest absolute Gasteiger partial charge is 0.334 e. The van der Waals surface area contributed by atoms with Crippen molar-refractivity contribution in [2.45, 2.75) is 37.1 Å². The molecule has 0 radical (unpaired) electrons. The molecule has 1 aromatic heterocycles. The Morgan fingerprint density at radius 3 is 2.54 bits per heavy atom. The molecule has 0 saturated carbocycles. The van der Waals surface area contributed by atoms with Gasteiger partial charge in [-0.25, -0.2) is 12.4 Å². The molecule has 1 fully saturated rings. The fourth-order valence-corrected chi connectivity index (χ4v) is 4.36. The molecule has 1 unspecified atom stereocenters. The number of benzene rings is 1. The van der Waals surface area contributed by atoms with Crippen LogP contribution in [0.3, 0.4) is 0 Å². The Morgan fingerprint density at radius 2 is 1.88 bits per heavy atom. The van der Waals surface area contributed by atoms with Crippen LogP contribution >= 0.6 is 12.4 Å². The molecule has 1 saturated heterocycles. The van der Waals surface area contributed by atoms with Gasteiger partial charge in [-0.2, -0.15) is 0 Å². The van der Waals surface area contributed by atoms with Crippen molar-refractivity contribution in [3.8, 4) is 0 Å². The Balaban J connectivity index is 0.00000243. The van der Waals surface area contributed by atoms with E-state index in [4.69, 9.17) is 5.73 Å². The van der Waals surface area contributed by atoms with E-state index in [1.165, 1.54) is 12.4 Å². The van der Waals surface area contributed by atoms with Crippen LogP contribution < -0.4 is 5.73 Å². The third kappa shape index (κ3) is 3.95. The lowest BCUT2D eigenvalue weighted by Gasteiger charge is -2.34. The van der Waals surface area contributed by atoms with Gasteiger partial charge in [0.25, 0.3) is 15.9 Å². The summed E-state index contributed by atoms with van der Waals surface area (Å²) in [7, 11) is -3.70. The minimum Gasteiger partial charge on any atom is -0.334 e. The second kappa shape index (κ2) is 8.24. The first-order chi connectivity index (χ1) is 11.9. The smallest absolute Gasteiger partial charge is 0.267 e. The zero-order valence-electron chi connectivity index (χ0n) is 14.7. The number of rotatable bonds is 4. The number of nitrogens with two attached hydrogens (primary N) is 1. The van der Waals surface area contributed by atoms with E-state index in [9.17, 15) is 13.2 Å². The first-order valence-corrected chi connectivity index (χ1v) is 9.89. The number of likely N-dealkylation sites (tertiary alicyclic amines) is 1. The van der Waals surface area contributed by atoms with Crippen LogP contribution in [0, 0.1) is 6.92 Å². The highest BCUT2D eigenvalue weighted by Gasteiger charge is 2.27. The Kier molecular flexibility index (Phi) is 6.49. The lowest BCUT2D eigenvalue weighted by Crippen LogP contribution is -2.47. The molecule has 0 spiro atoms. The number of halogens is 1. The minimum atomic E-state index is -3.70. The molecule has 0 bridgehead atoms. The summed E-state index contributed by atoms with van der Waals surface area (Å²) in [6, 6.07) is 8.22. The maximum Gasteiger partial charge on any atom is 0.267 e. The van der Waals surface area contributed by atoms with Crippen LogP contribution in [0.4, 0.5) is 0 Å². The molecule has 2 heterocycles. The molecule has 0 aliphatic carbocycles. The SMILES string of the molecule is Cc1ccc(S(=O)(=O)n2ccc(C(=O)N3CCCCC3CN)c2)cc1.Cl. The summed E-state index contributed by atoms with van der Waals surface area (Å²) in [5, 5.41) is 0. The molecule has 1 atom stereocenters. The summed E-state index contributed by atoms with van der Waals surface area (Å²) >= 11 is 0. The van der Waals surface area contributed by atoms with Crippen LogP contribution in [0.2, 0.25) is 0 Å². The monoisotopic (exact) mass is 397 g/mol. The van der Waals surface area contributed by atoms with Gasteiger partial charge in [-0.15, -0.1) is 12.4 Å². The van der Waals surface area contributed by atoms with E-state index in [2.05, 4.69) is 0 Å². The molecule has 142 valence electrons. The maximum absolute atomic E-state index is 12.8. The molecule has 3 rings (SSSR count). The van der Waals surface area contributed by atoms with Gasteiger partial charge >= 0.3 is 0 Å². The van der Waals surface area contributed by atoms with Crippen molar-refractivity contribution in [2.75, 3.05) is 13.1 Å². The van der Waals surface area contributed by atoms with Crippen molar-refractivity contribution in [1.29, 1.82) is 0 Å². The summed E-state index contributed by atoms with van der Waals surface area (Å²) in [4.78, 5) is 14.7. The maximum atomic E-state index is 12.8. The van der Waals surface area contributed by atoms with E-state index in [0.29, 0.717) is 18.7 Å². The number of carbonyl (C=O) groups excluding carboxylic acids is 1. The van der Waals surface area contributed by atoms with Crippen LogP contribution in [0.5, 0.6) is 0 Å². The van der Waals surface area contributed by atoms with Crippen LogP contribution in [0.1, 0.15) is 35.2 Å². The molecule has 8 heteroatoms. The van der Waals surface area contributed by atoms with Gasteiger partial charge in [0.15, 0.2) is 0 Å². The lowest BCUT2D eigenvalue weighted by atomic mass is 10.0. The zero-order chi connectivity index (χ0) is 18.0. The van der Waals surface area contributed by atoms with Gasteiger partial charge in [0.1, 0.15) is 0 Å². The Labute approximate surface area is 160 Å². The average molecular weight is 398 g/mol. The second-order valence-corrected chi connectivity index (χ2v) is 8.28. The Morgan fingerprint density at radius 1 is 1.19 bits per heavy atom. The van der Waals surface area contributed by atoms with Crippen molar-refractivity contribution in [3.05, 3.63) is 53.9 Å². The third-order valence-corrected chi connectivity index (χ3v) is 6.32. The van der Waals surface area contributed by atoms with E-state index in [-0.39, 0.29) is 29.3 Å². The van der Waals surface area contributed by atoms with Crippen molar-refractivity contribution in [2.24, 2.45) is 5.73 Å². The highest BCUT2D eigenvalue weighted by Crippen LogP contribution is 2.21. The quantitative estimate of drug-likeness (QED) is 0.858. The number of hydrogen-bond donors (Lipinski definition) is 1. The predicted octanol–water partition coefficient (Wildman–Crippen LogP) is 2.41. The number of amides is 1. The summed E-state index contributed by atoms with van der Waals surface area (Å²) < 4.78 is 26.5. The van der Waals surface area contributed by atoms with Crippen LogP contribution in [0.15, 0.2) is 47.6 Å². The minimum absolute atomic E-state index is 0. The Hall–Kier alpha value is -1.83. The molecular weight excluding hydrogens is 374 g/mol. The summed E-state index contributed by atoms with van der Waals surface area (Å²) in [5.41, 5.74) is 7.13. The highest BCUT2D eigenvalue weighted by molar-refractivity contribution is 7.90. The first-order valence-electron chi connectivity index (χ1n) is 8.45. The second-order valence-electron chi connectivity index (χ2n) is 6.43. The van der Waals surface area contributed by atoms with Gasteiger partial charge in [0.2, 0.25) is 0 Å². The standard InChI is InChI=1S/C18H23N3O3S.ClH/c1-14-5-7-17(8-6-14)25(23,24)20-11-9-15(13-20)18(22)21-10-3-2-4-16(21)12-19;/h5-9,11,13,16H,2-4,10,12,19H2,1H3;1H. The van der Waals surface area contributed by atoms with Crippen molar-refractivity contribution in [3.63, 3.8) is 0 Å². The molecule has 1 aromatic carbocycles. The zero-order valence-corrected chi connectivity index (χ0v) is 16.3. The topological polar surface area (TPSA) is 85.4 Å². The molecule has 2 N–H and O–H groups in total.